The second-order valence-electron chi connectivity index (χ2n) is 5.80. The molecule has 0 spiro atoms. The summed E-state index contributed by atoms with van der Waals surface area (Å²) in [5, 5.41) is 0. The fraction of sp³-hybridized carbons (Fsp3) is 0.615. The van der Waals surface area contributed by atoms with Gasteiger partial charge in [-0.05, 0) is 25.7 Å². The van der Waals surface area contributed by atoms with Gasteiger partial charge < -0.3 is 0 Å². The summed E-state index contributed by atoms with van der Waals surface area (Å²) < 4.78 is 34.2. The van der Waals surface area contributed by atoms with Crippen LogP contribution in [0, 0.1) is 5.92 Å². The van der Waals surface area contributed by atoms with Crippen LogP contribution >= 0.6 is 0 Å². The third-order valence-corrected chi connectivity index (χ3v) is 4.94. The molecule has 0 saturated carbocycles. The molecule has 1 atom stereocenters. The number of hydrogen-bond donors (Lipinski definition) is 1. The highest BCUT2D eigenvalue weighted by atomic mass is 32.3. The van der Waals surface area contributed by atoms with E-state index < -0.39 is 21.9 Å². The van der Waals surface area contributed by atoms with Gasteiger partial charge in [-0.3, -0.25) is 19.5 Å². The highest BCUT2D eigenvalue weighted by Crippen LogP contribution is 2.25. The van der Waals surface area contributed by atoms with Crippen LogP contribution in [0.1, 0.15) is 30.5 Å². The largest absolute Gasteiger partial charge is 0.302 e. The highest BCUT2D eigenvalue weighted by molar-refractivity contribution is 7.86. The van der Waals surface area contributed by atoms with Crippen molar-refractivity contribution < 1.29 is 17.1 Å². The average Bonchev–Trinajstić information content (AvgIpc) is 2.77. The van der Waals surface area contributed by atoms with Crippen molar-refractivity contribution in [1.29, 1.82) is 0 Å². The first-order valence-corrected chi connectivity index (χ1v) is 8.73. The van der Waals surface area contributed by atoms with Crippen LogP contribution in [0.2, 0.25) is 0 Å². The normalized spacial score (nSPS) is 22.0. The number of nitrogens with one attached hydrogen (secondary N) is 1. The van der Waals surface area contributed by atoms with E-state index in [1.807, 2.05) is 0 Å². The molecule has 2 aliphatic rings. The Morgan fingerprint density at radius 2 is 2.00 bits per heavy atom. The van der Waals surface area contributed by atoms with Crippen LogP contribution in [0.3, 0.4) is 0 Å². The van der Waals surface area contributed by atoms with E-state index in [1.54, 1.807) is 0 Å². The van der Waals surface area contributed by atoms with Gasteiger partial charge in [-0.1, -0.05) is 0 Å². The molecule has 7 nitrogen and oxygen atoms in total. The molecule has 1 aliphatic carbocycles. The fourth-order valence-electron chi connectivity index (χ4n) is 3.10. The van der Waals surface area contributed by atoms with Gasteiger partial charge in [0.25, 0.3) is 5.56 Å². The zero-order valence-corrected chi connectivity index (χ0v) is 12.7. The molecular formula is C13H16FN3O4S. The van der Waals surface area contributed by atoms with Crippen LogP contribution in [0.4, 0.5) is 9.83 Å². The third-order valence-electron chi connectivity index (χ3n) is 4.07. The maximum atomic E-state index is 12.8. The lowest BCUT2D eigenvalue weighted by atomic mass is 9.97. The van der Waals surface area contributed by atoms with Crippen molar-refractivity contribution in [3.05, 3.63) is 21.6 Å². The monoisotopic (exact) mass is 329 g/mol. The Bertz CT molecular complexity index is 774. The molecule has 3 rings (SSSR count). The van der Waals surface area contributed by atoms with Gasteiger partial charge in [0.2, 0.25) is 11.9 Å². The van der Waals surface area contributed by atoms with E-state index >= 15 is 0 Å². The first-order chi connectivity index (χ1) is 10.3. The zero-order chi connectivity index (χ0) is 15.9. The predicted octanol–water partition coefficient (Wildman–Crippen LogP) is 0.301. The smallest absolute Gasteiger partial charge is 0.292 e. The third kappa shape index (κ3) is 3.03. The Hall–Kier alpha value is -1.77. The Kier molecular flexibility index (Phi) is 3.75. The van der Waals surface area contributed by atoms with Crippen LogP contribution in [-0.2, 0) is 27.9 Å². The highest BCUT2D eigenvalue weighted by Gasteiger charge is 2.35. The number of rotatable bonds is 3. The van der Waals surface area contributed by atoms with Crippen molar-refractivity contribution in [2.24, 2.45) is 5.92 Å². The van der Waals surface area contributed by atoms with Crippen molar-refractivity contribution in [3.63, 3.8) is 0 Å². The maximum absolute atomic E-state index is 12.8. The molecule has 1 saturated heterocycles. The van der Waals surface area contributed by atoms with Gasteiger partial charge in [0.05, 0.1) is 11.4 Å². The summed E-state index contributed by atoms with van der Waals surface area (Å²) in [6.45, 7) is 0.0453. The van der Waals surface area contributed by atoms with E-state index in [0.717, 1.165) is 12.8 Å². The van der Waals surface area contributed by atoms with E-state index in [1.165, 1.54) is 4.90 Å². The van der Waals surface area contributed by atoms with E-state index in [4.69, 9.17) is 0 Å². The number of aromatic nitrogens is 2. The van der Waals surface area contributed by atoms with Crippen LogP contribution in [0.15, 0.2) is 4.79 Å². The molecule has 1 unspecified atom stereocenters. The van der Waals surface area contributed by atoms with Gasteiger partial charge in [-0.15, -0.1) is 3.89 Å². The summed E-state index contributed by atoms with van der Waals surface area (Å²) >= 11 is 0. The summed E-state index contributed by atoms with van der Waals surface area (Å²) in [5.74, 6) is -1.53. The number of fused-ring (bicyclic) bond motifs is 1. The number of halogens is 1. The number of carbonyl (C=O) groups is 1. The first kappa shape index (κ1) is 15.1. The molecule has 1 aromatic heterocycles. The number of aromatic amines is 1. The number of H-pyrrole nitrogens is 1. The Morgan fingerprint density at radius 1 is 1.27 bits per heavy atom. The maximum Gasteiger partial charge on any atom is 0.302 e. The molecule has 22 heavy (non-hydrogen) atoms. The molecule has 2 heterocycles. The van der Waals surface area contributed by atoms with Gasteiger partial charge in [0.1, 0.15) is 0 Å². The van der Waals surface area contributed by atoms with E-state index in [0.29, 0.717) is 24.1 Å². The summed E-state index contributed by atoms with van der Waals surface area (Å²) in [7, 11) is -4.63. The lowest BCUT2D eigenvalue weighted by molar-refractivity contribution is -0.117. The molecule has 0 aromatic carbocycles. The summed E-state index contributed by atoms with van der Waals surface area (Å²) in [6.07, 6.45) is 3.19. The van der Waals surface area contributed by atoms with Crippen molar-refractivity contribution in [3.8, 4) is 0 Å². The van der Waals surface area contributed by atoms with Crippen LogP contribution in [-0.4, -0.2) is 36.6 Å². The standard InChI is InChI=1S/C13H16FN3O4S/c14-22(20,21)7-8-5-11(18)17(6-8)13-15-10-4-2-1-3-9(10)12(19)16-13/h8H,1-7H2,(H,15,16,19). The second-order valence-corrected chi connectivity index (χ2v) is 7.21. The molecule has 1 amide bonds. The molecule has 1 fully saturated rings. The molecule has 9 heteroatoms. The van der Waals surface area contributed by atoms with Crippen molar-refractivity contribution in [2.75, 3.05) is 17.2 Å². The van der Waals surface area contributed by atoms with Crippen molar-refractivity contribution in [2.45, 2.75) is 32.1 Å². The summed E-state index contributed by atoms with van der Waals surface area (Å²) in [5.41, 5.74) is 1.10. The SMILES string of the molecule is O=C1CC(CS(=O)(=O)F)CN1c1nc2c(c(=O)[nH]1)CCCC2. The van der Waals surface area contributed by atoms with Crippen molar-refractivity contribution >= 4 is 22.1 Å². The minimum absolute atomic E-state index is 0.0453. The molecule has 1 N–H and O–H groups in total. The minimum atomic E-state index is -4.63. The van der Waals surface area contributed by atoms with E-state index in [2.05, 4.69) is 9.97 Å². The lowest BCUT2D eigenvalue weighted by Crippen LogP contribution is -2.31. The Labute approximate surface area is 126 Å². The number of carbonyl (C=O) groups excluding carboxylic acids is 1. The Morgan fingerprint density at radius 3 is 2.73 bits per heavy atom. The van der Waals surface area contributed by atoms with Crippen LogP contribution < -0.4 is 10.5 Å². The van der Waals surface area contributed by atoms with E-state index in [-0.39, 0.29) is 30.4 Å². The van der Waals surface area contributed by atoms with Gasteiger partial charge in [-0.2, -0.15) is 8.42 Å². The predicted molar refractivity (Wildman–Crippen MR) is 76.9 cm³/mol. The fourth-order valence-corrected chi connectivity index (χ4v) is 3.88. The van der Waals surface area contributed by atoms with Gasteiger partial charge in [-0.25, -0.2) is 4.98 Å². The van der Waals surface area contributed by atoms with Gasteiger partial charge >= 0.3 is 10.2 Å². The average molecular weight is 329 g/mol. The lowest BCUT2D eigenvalue weighted by Gasteiger charge is -2.19. The number of amides is 1. The number of hydrogen-bond acceptors (Lipinski definition) is 5. The Balaban J connectivity index is 1.87. The minimum Gasteiger partial charge on any atom is -0.292 e. The summed E-state index contributed by atoms with van der Waals surface area (Å²) in [4.78, 5) is 32.2. The molecule has 1 aromatic rings. The quantitative estimate of drug-likeness (QED) is 0.804. The number of anilines is 1. The van der Waals surface area contributed by atoms with E-state index in [9.17, 15) is 21.9 Å². The molecule has 0 radical (unpaired) electrons. The number of aryl methyl sites for hydroxylation is 1. The zero-order valence-electron chi connectivity index (χ0n) is 11.8. The van der Waals surface area contributed by atoms with Gasteiger partial charge in [0.15, 0.2) is 0 Å². The number of nitrogens with zero attached hydrogens (tertiary/aromatic N) is 2. The molecule has 120 valence electrons. The second kappa shape index (κ2) is 5.45. The van der Waals surface area contributed by atoms with Crippen LogP contribution in [0.25, 0.3) is 0 Å². The van der Waals surface area contributed by atoms with Gasteiger partial charge in [0, 0.05) is 24.4 Å². The topological polar surface area (TPSA) is 100 Å². The molecular weight excluding hydrogens is 313 g/mol. The van der Waals surface area contributed by atoms with Crippen LogP contribution in [0.5, 0.6) is 0 Å². The first-order valence-electron chi connectivity index (χ1n) is 7.18. The molecule has 0 bridgehead atoms. The molecule has 1 aliphatic heterocycles. The van der Waals surface area contributed by atoms with Crippen molar-refractivity contribution in [1.82, 2.24) is 9.97 Å². The summed E-state index contributed by atoms with van der Waals surface area (Å²) in [6, 6.07) is 0.